The molecule has 0 aliphatic carbocycles. The molecule has 1 aromatic carbocycles. The molecule has 0 amide bonds. The summed E-state index contributed by atoms with van der Waals surface area (Å²) < 4.78 is 39.9. The van der Waals surface area contributed by atoms with Gasteiger partial charge in [0.1, 0.15) is 5.82 Å². The Morgan fingerprint density at radius 2 is 2.10 bits per heavy atom. The van der Waals surface area contributed by atoms with Crippen LogP contribution in [0.15, 0.2) is 47.6 Å². The number of nitrogens with zero attached hydrogens (tertiary/aromatic N) is 1. The van der Waals surface area contributed by atoms with Gasteiger partial charge in [0.25, 0.3) is 0 Å². The first-order chi connectivity index (χ1) is 9.40. The zero-order valence-corrected chi connectivity index (χ0v) is 12.1. The van der Waals surface area contributed by atoms with Crippen LogP contribution in [-0.4, -0.2) is 13.4 Å². The van der Waals surface area contributed by atoms with Crippen LogP contribution in [0.3, 0.4) is 0 Å². The largest absolute Gasteiger partial charge is 0.264 e. The van der Waals surface area contributed by atoms with E-state index in [4.69, 9.17) is 11.6 Å². The van der Waals surface area contributed by atoms with Gasteiger partial charge in [-0.15, -0.1) is 0 Å². The van der Waals surface area contributed by atoms with Crippen LogP contribution in [0, 0.1) is 5.82 Å². The fraction of sp³-hybridized carbons (Fsp3) is 0.154. The highest BCUT2D eigenvalue weighted by molar-refractivity contribution is 7.89. The molecule has 0 saturated carbocycles. The zero-order chi connectivity index (χ0) is 14.8. The summed E-state index contributed by atoms with van der Waals surface area (Å²) in [5.74, 6) is -0.661. The molecule has 0 unspecified atom stereocenters. The Morgan fingerprint density at radius 3 is 2.70 bits per heavy atom. The average molecular weight is 315 g/mol. The van der Waals surface area contributed by atoms with Gasteiger partial charge in [-0.05, 0) is 36.8 Å². The van der Waals surface area contributed by atoms with Gasteiger partial charge in [0.2, 0.25) is 10.0 Å². The molecule has 0 spiro atoms. The van der Waals surface area contributed by atoms with E-state index in [-0.39, 0.29) is 9.92 Å². The summed E-state index contributed by atoms with van der Waals surface area (Å²) in [6.07, 6.45) is 3.18. The van der Waals surface area contributed by atoms with Crippen molar-refractivity contribution in [3.63, 3.8) is 0 Å². The van der Waals surface area contributed by atoms with Crippen LogP contribution >= 0.6 is 11.6 Å². The summed E-state index contributed by atoms with van der Waals surface area (Å²) in [6, 6.07) is 6.28. The number of nitrogens with one attached hydrogen (secondary N) is 1. The van der Waals surface area contributed by atoms with Crippen molar-refractivity contribution in [1.29, 1.82) is 0 Å². The van der Waals surface area contributed by atoms with E-state index in [1.165, 1.54) is 6.07 Å². The van der Waals surface area contributed by atoms with Crippen LogP contribution in [0.25, 0.3) is 0 Å². The number of benzene rings is 1. The number of aromatic nitrogens is 1. The molecule has 7 heteroatoms. The molecule has 0 aliphatic rings. The average Bonchev–Trinajstić information content (AvgIpc) is 2.42. The van der Waals surface area contributed by atoms with E-state index >= 15 is 0 Å². The standard InChI is InChI=1S/C13H12ClFN2O2S/c1-9(10-3-2-6-16-8-10)17-20(18,19)11-4-5-13(15)12(14)7-11/h2-9,17H,1H3/t9-/m0/s1. The molecule has 0 fully saturated rings. The van der Waals surface area contributed by atoms with Crippen LogP contribution in [0.5, 0.6) is 0 Å². The van der Waals surface area contributed by atoms with Crippen LogP contribution in [0.4, 0.5) is 4.39 Å². The number of rotatable bonds is 4. The van der Waals surface area contributed by atoms with Gasteiger partial charge in [0.05, 0.1) is 9.92 Å². The second-order valence-corrected chi connectivity index (χ2v) is 6.33. The van der Waals surface area contributed by atoms with Gasteiger partial charge in [0.15, 0.2) is 0 Å². The third-order valence-electron chi connectivity index (χ3n) is 2.72. The van der Waals surface area contributed by atoms with Gasteiger partial charge in [-0.2, -0.15) is 0 Å². The van der Waals surface area contributed by atoms with Crippen LogP contribution < -0.4 is 4.72 Å². The van der Waals surface area contributed by atoms with Crippen LogP contribution in [0.1, 0.15) is 18.5 Å². The molecule has 0 aliphatic heterocycles. The number of halogens is 2. The van der Waals surface area contributed by atoms with E-state index in [0.29, 0.717) is 0 Å². The summed E-state index contributed by atoms with van der Waals surface area (Å²) >= 11 is 5.60. The number of sulfonamides is 1. The van der Waals surface area contributed by atoms with Gasteiger partial charge in [-0.3, -0.25) is 4.98 Å². The van der Waals surface area contributed by atoms with Gasteiger partial charge in [-0.1, -0.05) is 17.7 Å². The van der Waals surface area contributed by atoms with Crippen LogP contribution in [-0.2, 0) is 10.0 Å². The molecular weight excluding hydrogens is 303 g/mol. The molecular formula is C13H12ClFN2O2S. The Kier molecular flexibility index (Phi) is 4.37. The van der Waals surface area contributed by atoms with E-state index in [1.54, 1.807) is 31.5 Å². The van der Waals surface area contributed by atoms with Crippen molar-refractivity contribution in [2.24, 2.45) is 0 Å². The Hall–Kier alpha value is -1.50. The second kappa shape index (κ2) is 5.87. The first-order valence-electron chi connectivity index (χ1n) is 5.77. The van der Waals surface area contributed by atoms with Crippen LogP contribution in [0.2, 0.25) is 5.02 Å². The van der Waals surface area contributed by atoms with Crippen molar-refractivity contribution in [1.82, 2.24) is 9.71 Å². The Morgan fingerprint density at radius 1 is 1.35 bits per heavy atom. The quantitative estimate of drug-likeness (QED) is 0.944. The monoisotopic (exact) mass is 314 g/mol. The van der Waals surface area contributed by atoms with E-state index in [1.807, 2.05) is 0 Å². The Balaban J connectivity index is 2.25. The molecule has 0 saturated heterocycles. The molecule has 1 atom stereocenters. The van der Waals surface area contributed by atoms with Gasteiger partial charge >= 0.3 is 0 Å². The predicted molar refractivity (Wildman–Crippen MR) is 74.4 cm³/mol. The lowest BCUT2D eigenvalue weighted by Gasteiger charge is -2.14. The lowest BCUT2D eigenvalue weighted by atomic mass is 10.2. The zero-order valence-electron chi connectivity index (χ0n) is 10.5. The first-order valence-corrected chi connectivity index (χ1v) is 7.63. The molecule has 1 aromatic heterocycles. The maximum absolute atomic E-state index is 13.1. The fourth-order valence-electron chi connectivity index (χ4n) is 1.64. The van der Waals surface area contributed by atoms with Gasteiger partial charge in [-0.25, -0.2) is 17.5 Å². The molecule has 20 heavy (non-hydrogen) atoms. The van der Waals surface area contributed by atoms with Crippen molar-refractivity contribution in [2.75, 3.05) is 0 Å². The van der Waals surface area contributed by atoms with Crippen molar-refractivity contribution >= 4 is 21.6 Å². The van der Waals surface area contributed by atoms with Gasteiger partial charge < -0.3 is 0 Å². The molecule has 4 nitrogen and oxygen atoms in total. The number of hydrogen-bond donors (Lipinski definition) is 1. The molecule has 0 bridgehead atoms. The highest BCUT2D eigenvalue weighted by Crippen LogP contribution is 2.21. The van der Waals surface area contributed by atoms with Crippen molar-refractivity contribution in [2.45, 2.75) is 17.9 Å². The Labute approximate surface area is 121 Å². The highest BCUT2D eigenvalue weighted by Gasteiger charge is 2.19. The molecule has 106 valence electrons. The van der Waals surface area contributed by atoms with Crippen molar-refractivity contribution in [3.05, 3.63) is 59.1 Å². The smallest absolute Gasteiger partial charge is 0.241 e. The number of hydrogen-bond acceptors (Lipinski definition) is 3. The molecule has 2 aromatic rings. The summed E-state index contributed by atoms with van der Waals surface area (Å²) in [4.78, 5) is 3.85. The molecule has 2 rings (SSSR count). The topological polar surface area (TPSA) is 59.1 Å². The lowest BCUT2D eigenvalue weighted by Crippen LogP contribution is -2.27. The minimum atomic E-state index is -3.78. The summed E-state index contributed by atoms with van der Waals surface area (Å²) in [7, 11) is -3.78. The highest BCUT2D eigenvalue weighted by atomic mass is 35.5. The summed E-state index contributed by atoms with van der Waals surface area (Å²) in [5.41, 5.74) is 0.726. The van der Waals surface area contributed by atoms with E-state index in [9.17, 15) is 12.8 Å². The summed E-state index contributed by atoms with van der Waals surface area (Å²) in [5, 5.41) is -0.234. The normalized spacial score (nSPS) is 13.2. The van der Waals surface area contributed by atoms with E-state index in [2.05, 4.69) is 9.71 Å². The third kappa shape index (κ3) is 3.33. The summed E-state index contributed by atoms with van der Waals surface area (Å²) in [6.45, 7) is 1.69. The predicted octanol–water partition coefficient (Wildman–Crippen LogP) is 2.91. The fourth-order valence-corrected chi connectivity index (χ4v) is 3.15. The Bertz CT molecular complexity index is 708. The molecule has 1 N–H and O–H groups in total. The van der Waals surface area contributed by atoms with Crippen molar-refractivity contribution in [3.8, 4) is 0 Å². The van der Waals surface area contributed by atoms with E-state index in [0.717, 1.165) is 17.7 Å². The third-order valence-corrected chi connectivity index (χ3v) is 4.55. The SMILES string of the molecule is C[C@H](NS(=O)(=O)c1ccc(F)c(Cl)c1)c1cccnc1. The number of pyridine rings is 1. The first kappa shape index (κ1) is 14.9. The van der Waals surface area contributed by atoms with Crippen molar-refractivity contribution < 1.29 is 12.8 Å². The van der Waals surface area contributed by atoms with Gasteiger partial charge in [0, 0.05) is 18.4 Å². The lowest BCUT2D eigenvalue weighted by molar-refractivity contribution is 0.566. The molecule has 1 heterocycles. The maximum atomic E-state index is 13.1. The minimum Gasteiger partial charge on any atom is -0.264 e. The second-order valence-electron chi connectivity index (χ2n) is 4.21. The molecule has 0 radical (unpaired) electrons. The maximum Gasteiger partial charge on any atom is 0.241 e. The van der Waals surface area contributed by atoms with E-state index < -0.39 is 21.9 Å². The minimum absolute atomic E-state index is 0.0837.